The summed E-state index contributed by atoms with van der Waals surface area (Å²) < 4.78 is 0. The van der Waals surface area contributed by atoms with Gasteiger partial charge in [0.15, 0.2) is 0 Å². The van der Waals surface area contributed by atoms with Crippen LogP contribution in [0.1, 0.15) is 45.4 Å². The van der Waals surface area contributed by atoms with Gasteiger partial charge in [-0.3, -0.25) is 9.69 Å². The predicted octanol–water partition coefficient (Wildman–Crippen LogP) is 2.29. The van der Waals surface area contributed by atoms with Crippen molar-refractivity contribution < 1.29 is 4.79 Å². The third-order valence-corrected chi connectivity index (χ3v) is 5.14. The molecule has 0 aromatic carbocycles. The van der Waals surface area contributed by atoms with Crippen LogP contribution in [-0.4, -0.2) is 55.0 Å². The zero-order valence-electron chi connectivity index (χ0n) is 13.3. The Kier molecular flexibility index (Phi) is 9.17. The molecule has 126 valence electrons. The number of rotatable bonds is 5. The third-order valence-electron chi connectivity index (χ3n) is 5.14. The van der Waals surface area contributed by atoms with Crippen molar-refractivity contribution in [2.45, 2.75) is 51.5 Å². The first-order valence-electron chi connectivity index (χ1n) is 7.82. The molecule has 21 heavy (non-hydrogen) atoms. The van der Waals surface area contributed by atoms with Crippen LogP contribution >= 0.6 is 24.8 Å². The standard InChI is InChI=1S/C15H29N3O.2ClH/c1-3-18-10-6-7-13(18)11-17(2)14(19)15(12-16)8-4-5-9-15;;/h13H,3-12,16H2,1-2H3;2*1H. The van der Waals surface area contributed by atoms with Crippen molar-refractivity contribution in [3.8, 4) is 0 Å². The van der Waals surface area contributed by atoms with E-state index < -0.39 is 0 Å². The Morgan fingerprint density at radius 3 is 2.43 bits per heavy atom. The van der Waals surface area contributed by atoms with Gasteiger partial charge in [-0.25, -0.2) is 0 Å². The summed E-state index contributed by atoms with van der Waals surface area (Å²) in [7, 11) is 1.96. The Balaban J connectivity index is 0.00000200. The second-order valence-electron chi connectivity index (χ2n) is 6.30. The van der Waals surface area contributed by atoms with Gasteiger partial charge in [0, 0.05) is 26.2 Å². The largest absolute Gasteiger partial charge is 0.344 e. The van der Waals surface area contributed by atoms with Gasteiger partial charge >= 0.3 is 0 Å². The highest BCUT2D eigenvalue weighted by atomic mass is 35.5. The Morgan fingerprint density at radius 1 is 1.29 bits per heavy atom. The van der Waals surface area contributed by atoms with E-state index in [4.69, 9.17) is 5.73 Å². The van der Waals surface area contributed by atoms with Gasteiger partial charge in [-0.1, -0.05) is 19.8 Å². The fourth-order valence-corrected chi connectivity index (χ4v) is 3.88. The maximum atomic E-state index is 12.7. The lowest BCUT2D eigenvalue weighted by Gasteiger charge is -2.34. The monoisotopic (exact) mass is 339 g/mol. The zero-order valence-corrected chi connectivity index (χ0v) is 15.0. The molecule has 2 N–H and O–H groups in total. The molecule has 1 saturated carbocycles. The lowest BCUT2D eigenvalue weighted by atomic mass is 9.84. The van der Waals surface area contributed by atoms with Crippen molar-refractivity contribution in [2.24, 2.45) is 11.1 Å². The highest BCUT2D eigenvalue weighted by Crippen LogP contribution is 2.38. The van der Waals surface area contributed by atoms with Crippen LogP contribution in [0, 0.1) is 5.41 Å². The third kappa shape index (κ3) is 4.47. The molecule has 1 amide bonds. The molecule has 0 aromatic rings. The van der Waals surface area contributed by atoms with Crippen molar-refractivity contribution in [2.75, 3.05) is 33.2 Å². The van der Waals surface area contributed by atoms with E-state index in [-0.39, 0.29) is 36.1 Å². The highest BCUT2D eigenvalue weighted by molar-refractivity contribution is 5.85. The first-order valence-corrected chi connectivity index (χ1v) is 7.82. The molecule has 4 nitrogen and oxygen atoms in total. The van der Waals surface area contributed by atoms with Crippen LogP contribution < -0.4 is 5.73 Å². The first-order chi connectivity index (χ1) is 9.13. The number of likely N-dealkylation sites (tertiary alicyclic amines) is 1. The number of hydrogen-bond acceptors (Lipinski definition) is 3. The van der Waals surface area contributed by atoms with E-state index in [1.807, 2.05) is 11.9 Å². The van der Waals surface area contributed by atoms with Crippen molar-refractivity contribution in [3.63, 3.8) is 0 Å². The van der Waals surface area contributed by atoms with Crippen LogP contribution in [0.4, 0.5) is 0 Å². The van der Waals surface area contributed by atoms with E-state index in [0.29, 0.717) is 12.6 Å². The van der Waals surface area contributed by atoms with E-state index in [0.717, 1.165) is 38.8 Å². The number of carbonyl (C=O) groups is 1. The lowest BCUT2D eigenvalue weighted by Crippen LogP contribution is -2.49. The summed E-state index contributed by atoms with van der Waals surface area (Å²) in [6.45, 7) is 5.87. The molecular weight excluding hydrogens is 309 g/mol. The smallest absolute Gasteiger partial charge is 0.229 e. The SMILES string of the molecule is CCN1CCCC1CN(C)C(=O)C1(CN)CCCC1.Cl.Cl. The summed E-state index contributed by atoms with van der Waals surface area (Å²) in [6.07, 6.45) is 6.76. The molecule has 0 bridgehead atoms. The van der Waals surface area contributed by atoms with Crippen molar-refractivity contribution in [1.29, 1.82) is 0 Å². The summed E-state index contributed by atoms with van der Waals surface area (Å²) in [6, 6.07) is 0.551. The number of halogens is 2. The van der Waals surface area contributed by atoms with Crippen LogP contribution in [0.5, 0.6) is 0 Å². The van der Waals surface area contributed by atoms with Crippen LogP contribution in [0.2, 0.25) is 0 Å². The Morgan fingerprint density at radius 2 is 1.90 bits per heavy atom. The van der Waals surface area contributed by atoms with Gasteiger partial charge < -0.3 is 10.6 Å². The van der Waals surface area contributed by atoms with E-state index >= 15 is 0 Å². The second-order valence-corrected chi connectivity index (χ2v) is 6.30. The molecule has 2 rings (SSSR count). The zero-order chi connectivity index (χ0) is 13.9. The second kappa shape index (κ2) is 9.19. The van der Waals surface area contributed by atoms with Crippen LogP contribution in [0.25, 0.3) is 0 Å². The van der Waals surface area contributed by atoms with Gasteiger partial charge in [-0.05, 0) is 38.8 Å². The van der Waals surface area contributed by atoms with Crippen molar-refractivity contribution in [1.82, 2.24) is 9.80 Å². The molecule has 2 fully saturated rings. The summed E-state index contributed by atoms with van der Waals surface area (Å²) >= 11 is 0. The molecule has 0 aromatic heterocycles. The Hall–Kier alpha value is -0.0300. The molecule has 0 radical (unpaired) electrons. The van der Waals surface area contributed by atoms with Gasteiger partial charge in [-0.15, -0.1) is 24.8 Å². The molecule has 1 heterocycles. The maximum Gasteiger partial charge on any atom is 0.229 e. The number of likely N-dealkylation sites (N-methyl/N-ethyl adjacent to an activating group) is 2. The number of amides is 1. The van der Waals surface area contributed by atoms with Gasteiger partial charge in [0.25, 0.3) is 0 Å². The highest BCUT2D eigenvalue weighted by Gasteiger charge is 2.42. The van der Waals surface area contributed by atoms with E-state index in [1.54, 1.807) is 0 Å². The lowest BCUT2D eigenvalue weighted by molar-refractivity contribution is -0.140. The van der Waals surface area contributed by atoms with Crippen molar-refractivity contribution >= 4 is 30.7 Å². The molecule has 1 atom stereocenters. The Bertz CT molecular complexity index is 322. The molecule has 0 spiro atoms. The molecular formula is C15H31Cl2N3O. The quantitative estimate of drug-likeness (QED) is 0.835. The van der Waals surface area contributed by atoms with Crippen LogP contribution in [-0.2, 0) is 4.79 Å². The van der Waals surface area contributed by atoms with Crippen LogP contribution in [0.3, 0.4) is 0 Å². The molecule has 1 aliphatic heterocycles. The fourth-order valence-electron chi connectivity index (χ4n) is 3.88. The number of hydrogen-bond donors (Lipinski definition) is 1. The van der Waals surface area contributed by atoms with Gasteiger partial charge in [0.2, 0.25) is 5.91 Å². The van der Waals surface area contributed by atoms with Crippen molar-refractivity contribution in [3.05, 3.63) is 0 Å². The molecule has 6 heteroatoms. The Labute approximate surface area is 141 Å². The summed E-state index contributed by atoms with van der Waals surface area (Å²) in [5, 5.41) is 0. The first kappa shape index (κ1) is 21.0. The minimum Gasteiger partial charge on any atom is -0.344 e. The minimum absolute atomic E-state index is 0. The minimum atomic E-state index is -0.246. The topological polar surface area (TPSA) is 49.6 Å². The number of nitrogens with two attached hydrogens (primary N) is 1. The summed E-state index contributed by atoms with van der Waals surface area (Å²) in [4.78, 5) is 17.2. The predicted molar refractivity (Wildman–Crippen MR) is 92.4 cm³/mol. The fraction of sp³-hybridized carbons (Fsp3) is 0.933. The summed E-state index contributed by atoms with van der Waals surface area (Å²) in [5.41, 5.74) is 5.67. The van der Waals surface area contributed by atoms with Gasteiger partial charge in [-0.2, -0.15) is 0 Å². The molecule has 2 aliphatic rings. The van der Waals surface area contributed by atoms with Gasteiger partial charge in [0.05, 0.1) is 5.41 Å². The molecule has 1 saturated heterocycles. The van der Waals surface area contributed by atoms with E-state index in [2.05, 4.69) is 11.8 Å². The van der Waals surface area contributed by atoms with Crippen LogP contribution in [0.15, 0.2) is 0 Å². The van der Waals surface area contributed by atoms with E-state index in [9.17, 15) is 4.79 Å². The summed E-state index contributed by atoms with van der Waals surface area (Å²) in [5.74, 6) is 0.287. The number of nitrogens with zero attached hydrogens (tertiary/aromatic N) is 2. The normalized spacial score (nSPS) is 24.2. The average molecular weight is 340 g/mol. The maximum absolute atomic E-state index is 12.7. The number of carbonyl (C=O) groups excluding carboxylic acids is 1. The van der Waals surface area contributed by atoms with Gasteiger partial charge in [0.1, 0.15) is 0 Å². The molecule has 1 aliphatic carbocycles. The van der Waals surface area contributed by atoms with E-state index in [1.165, 1.54) is 19.4 Å². The molecule has 1 unspecified atom stereocenters. The average Bonchev–Trinajstić information content (AvgIpc) is 3.06.